The number of hydrogen-bond acceptors (Lipinski definition) is 5. The monoisotopic (exact) mass is 331 g/mol. The Balaban J connectivity index is 2.18. The lowest BCUT2D eigenvalue weighted by molar-refractivity contribution is 0.558. The zero-order valence-corrected chi connectivity index (χ0v) is 13.7. The van der Waals surface area contributed by atoms with Crippen LogP contribution in [-0.2, 0) is 19.7 Å². The second-order valence-electron chi connectivity index (χ2n) is 5.39. The van der Waals surface area contributed by atoms with Crippen LogP contribution in [0.2, 0.25) is 0 Å². The average molecular weight is 331 g/mol. The van der Waals surface area contributed by atoms with Crippen LogP contribution < -0.4 is 5.32 Å². The van der Waals surface area contributed by atoms with Crippen LogP contribution in [0.25, 0.3) is 0 Å². The second-order valence-corrected chi connectivity index (χ2v) is 9.77. The van der Waals surface area contributed by atoms with Crippen LogP contribution in [0.3, 0.4) is 0 Å². The van der Waals surface area contributed by atoms with E-state index >= 15 is 0 Å². The molecule has 1 aliphatic rings. The Morgan fingerprint density at radius 3 is 2.43 bits per heavy atom. The quantitative estimate of drug-likeness (QED) is 0.891. The summed E-state index contributed by atoms with van der Waals surface area (Å²) < 4.78 is 47.4. The van der Waals surface area contributed by atoms with E-state index in [2.05, 4.69) is 5.32 Å². The zero-order valence-electron chi connectivity index (χ0n) is 12.1. The molecule has 1 aliphatic heterocycles. The molecule has 0 saturated carbocycles. The van der Waals surface area contributed by atoms with Crippen molar-refractivity contribution in [2.24, 2.45) is 0 Å². The number of anilines is 1. The Kier molecular flexibility index (Phi) is 4.93. The van der Waals surface area contributed by atoms with E-state index in [1.54, 1.807) is 24.3 Å². The van der Waals surface area contributed by atoms with Crippen LogP contribution in [0.15, 0.2) is 29.2 Å². The number of hydrogen-bond donors (Lipinski definition) is 1. The van der Waals surface area contributed by atoms with E-state index in [0.29, 0.717) is 29.8 Å². The third-order valence-electron chi connectivity index (χ3n) is 3.61. The summed E-state index contributed by atoms with van der Waals surface area (Å²) in [5, 5.41) is 3.21. The maximum absolute atomic E-state index is 12.3. The van der Waals surface area contributed by atoms with Crippen molar-refractivity contribution >= 4 is 25.4 Å². The van der Waals surface area contributed by atoms with Crippen molar-refractivity contribution in [1.29, 1.82) is 0 Å². The first kappa shape index (κ1) is 16.3. The molecule has 2 rings (SSSR count). The van der Waals surface area contributed by atoms with E-state index in [1.165, 1.54) is 0 Å². The van der Waals surface area contributed by atoms with Gasteiger partial charge in [0.15, 0.2) is 9.84 Å². The van der Waals surface area contributed by atoms with Gasteiger partial charge in [-0.1, -0.05) is 19.1 Å². The number of rotatable bonds is 5. The molecule has 0 spiro atoms. The van der Waals surface area contributed by atoms with Gasteiger partial charge in [-0.2, -0.15) is 0 Å². The molecule has 0 unspecified atom stereocenters. The minimum atomic E-state index is -3.30. The van der Waals surface area contributed by atoms with Crippen molar-refractivity contribution in [3.05, 3.63) is 24.3 Å². The van der Waals surface area contributed by atoms with Crippen LogP contribution in [0.1, 0.15) is 26.2 Å². The largest absolute Gasteiger partial charge is 0.381 e. The molecule has 0 radical (unpaired) electrons. The molecule has 5 nitrogen and oxygen atoms in total. The fourth-order valence-corrected chi connectivity index (χ4v) is 5.49. The lowest BCUT2D eigenvalue weighted by Crippen LogP contribution is -2.32. The third kappa shape index (κ3) is 4.20. The lowest BCUT2D eigenvalue weighted by Gasteiger charge is -2.25. The molecule has 0 aromatic heterocycles. The van der Waals surface area contributed by atoms with E-state index in [1.807, 2.05) is 6.92 Å². The minimum Gasteiger partial charge on any atom is -0.381 e. The number of para-hydroxylation sites is 1. The van der Waals surface area contributed by atoms with Crippen LogP contribution in [0.4, 0.5) is 5.69 Å². The van der Waals surface area contributed by atoms with Gasteiger partial charge < -0.3 is 5.32 Å². The van der Waals surface area contributed by atoms with Crippen molar-refractivity contribution in [1.82, 2.24) is 0 Å². The molecule has 1 aromatic rings. The van der Waals surface area contributed by atoms with Gasteiger partial charge in [0.25, 0.3) is 0 Å². The number of benzene rings is 1. The Labute approximate surface area is 126 Å². The highest BCUT2D eigenvalue weighted by atomic mass is 32.2. The van der Waals surface area contributed by atoms with Crippen LogP contribution in [0.5, 0.6) is 0 Å². The van der Waals surface area contributed by atoms with Gasteiger partial charge in [-0.05, 0) is 31.4 Å². The molecule has 1 aromatic carbocycles. The molecule has 1 heterocycles. The second kappa shape index (κ2) is 6.36. The summed E-state index contributed by atoms with van der Waals surface area (Å²) >= 11 is 0. The standard InChI is InChI=1S/C14H21NO4S2/c1-2-9-21(18,19)14-6-4-3-5-13(14)15-12-7-10-20(16,17)11-8-12/h3-6,12,15H,2,7-11H2,1H3. The molecule has 1 N–H and O–H groups in total. The van der Waals surface area contributed by atoms with Gasteiger partial charge >= 0.3 is 0 Å². The lowest BCUT2D eigenvalue weighted by atomic mass is 10.1. The van der Waals surface area contributed by atoms with Gasteiger partial charge in [0.1, 0.15) is 9.84 Å². The Bertz CT molecular complexity index is 681. The molecular formula is C14H21NO4S2. The van der Waals surface area contributed by atoms with Crippen LogP contribution >= 0.6 is 0 Å². The fraction of sp³-hybridized carbons (Fsp3) is 0.571. The Morgan fingerprint density at radius 2 is 1.81 bits per heavy atom. The van der Waals surface area contributed by atoms with Crippen molar-refractivity contribution in [2.75, 3.05) is 22.6 Å². The smallest absolute Gasteiger partial charge is 0.180 e. The summed E-state index contributed by atoms with van der Waals surface area (Å²) in [5.41, 5.74) is 0.579. The van der Waals surface area contributed by atoms with E-state index in [0.717, 1.165) is 0 Å². The fourth-order valence-electron chi connectivity index (χ4n) is 2.49. The molecule has 118 valence electrons. The predicted molar refractivity (Wildman–Crippen MR) is 84.1 cm³/mol. The first-order valence-corrected chi connectivity index (χ1v) is 10.6. The predicted octanol–water partition coefficient (Wildman–Crippen LogP) is 1.86. The highest BCUT2D eigenvalue weighted by Gasteiger charge is 2.25. The molecule has 7 heteroatoms. The van der Waals surface area contributed by atoms with Gasteiger partial charge in [0.2, 0.25) is 0 Å². The van der Waals surface area contributed by atoms with Crippen molar-refractivity contribution in [2.45, 2.75) is 37.1 Å². The van der Waals surface area contributed by atoms with E-state index in [9.17, 15) is 16.8 Å². The van der Waals surface area contributed by atoms with E-state index < -0.39 is 19.7 Å². The Morgan fingerprint density at radius 1 is 1.19 bits per heavy atom. The zero-order chi connectivity index (χ0) is 15.5. The molecule has 1 fully saturated rings. The summed E-state index contributed by atoms with van der Waals surface area (Å²) in [7, 11) is -6.21. The summed E-state index contributed by atoms with van der Waals surface area (Å²) in [4.78, 5) is 0.306. The molecule has 0 bridgehead atoms. The van der Waals surface area contributed by atoms with Gasteiger partial charge in [0.05, 0.1) is 27.8 Å². The summed E-state index contributed by atoms with van der Waals surface area (Å²) in [6, 6.07) is 6.84. The highest BCUT2D eigenvalue weighted by Crippen LogP contribution is 2.25. The van der Waals surface area contributed by atoms with Gasteiger partial charge in [-0.15, -0.1) is 0 Å². The van der Waals surface area contributed by atoms with Crippen LogP contribution in [-0.4, -0.2) is 40.1 Å². The normalized spacial score (nSPS) is 19.3. The molecule has 1 saturated heterocycles. The third-order valence-corrected chi connectivity index (χ3v) is 7.30. The van der Waals surface area contributed by atoms with Crippen molar-refractivity contribution < 1.29 is 16.8 Å². The minimum absolute atomic E-state index is 0.00602. The topological polar surface area (TPSA) is 80.3 Å². The summed E-state index contributed by atoms with van der Waals surface area (Å²) in [5.74, 6) is 0.438. The first-order chi connectivity index (χ1) is 9.84. The summed E-state index contributed by atoms with van der Waals surface area (Å²) in [6.07, 6.45) is 1.60. The van der Waals surface area contributed by atoms with Gasteiger partial charge in [-0.3, -0.25) is 0 Å². The molecular weight excluding hydrogens is 310 g/mol. The maximum atomic E-state index is 12.3. The summed E-state index contributed by atoms with van der Waals surface area (Å²) in [6.45, 7) is 1.83. The van der Waals surface area contributed by atoms with Gasteiger partial charge in [0, 0.05) is 6.04 Å². The van der Waals surface area contributed by atoms with Crippen molar-refractivity contribution in [3.63, 3.8) is 0 Å². The van der Waals surface area contributed by atoms with Crippen LogP contribution in [0, 0.1) is 0 Å². The van der Waals surface area contributed by atoms with Crippen molar-refractivity contribution in [3.8, 4) is 0 Å². The highest BCUT2D eigenvalue weighted by molar-refractivity contribution is 7.91. The number of nitrogens with one attached hydrogen (secondary N) is 1. The molecule has 0 atom stereocenters. The van der Waals surface area contributed by atoms with E-state index in [-0.39, 0.29) is 23.3 Å². The number of sulfone groups is 2. The molecule has 0 aliphatic carbocycles. The SMILES string of the molecule is CCCS(=O)(=O)c1ccccc1NC1CCS(=O)(=O)CC1. The average Bonchev–Trinajstić information content (AvgIpc) is 2.42. The molecule has 21 heavy (non-hydrogen) atoms. The van der Waals surface area contributed by atoms with Gasteiger partial charge in [-0.25, -0.2) is 16.8 Å². The maximum Gasteiger partial charge on any atom is 0.180 e. The van der Waals surface area contributed by atoms with E-state index in [4.69, 9.17) is 0 Å². The first-order valence-electron chi connectivity index (χ1n) is 7.13. The molecule has 0 amide bonds. The Hall–Kier alpha value is -1.08.